The summed E-state index contributed by atoms with van der Waals surface area (Å²) in [4.78, 5) is 30.1. The molecule has 1 saturated heterocycles. The lowest BCUT2D eigenvalue weighted by Crippen LogP contribution is -2.58. The third-order valence-corrected chi connectivity index (χ3v) is 4.39. The van der Waals surface area contributed by atoms with Crippen molar-refractivity contribution in [1.29, 1.82) is 0 Å². The predicted octanol–water partition coefficient (Wildman–Crippen LogP) is 1.41. The monoisotopic (exact) mass is 341 g/mol. The molecule has 1 aromatic carbocycles. The number of amides is 1. The molecule has 130 valence electrons. The summed E-state index contributed by atoms with van der Waals surface area (Å²) in [6.45, 7) is 2.21. The number of carbonyl (C=O) groups is 1. The number of benzene rings is 1. The van der Waals surface area contributed by atoms with E-state index in [0.717, 1.165) is 12.7 Å². The van der Waals surface area contributed by atoms with Crippen molar-refractivity contribution in [3.63, 3.8) is 0 Å². The van der Waals surface area contributed by atoms with Crippen LogP contribution in [-0.4, -0.2) is 46.9 Å². The minimum Gasteiger partial charge on any atom is -0.365 e. The number of pyridine rings is 1. The fourth-order valence-corrected chi connectivity index (χ4v) is 2.89. The summed E-state index contributed by atoms with van der Waals surface area (Å²) in [5, 5.41) is 10.8. The molecular formula is C17H19N5O3. The zero-order valence-corrected chi connectivity index (χ0v) is 13.8. The Labute approximate surface area is 145 Å². The van der Waals surface area contributed by atoms with Crippen molar-refractivity contribution < 1.29 is 9.72 Å². The molecule has 3 rings (SSSR count). The molecule has 2 aromatic rings. The van der Waals surface area contributed by atoms with Crippen molar-refractivity contribution in [2.24, 2.45) is 5.73 Å². The first-order chi connectivity index (χ1) is 12.0. The minimum absolute atomic E-state index is 0.0818. The maximum atomic E-state index is 11.6. The number of nitrogens with zero attached hydrogens (tertiary/aromatic N) is 4. The van der Waals surface area contributed by atoms with Gasteiger partial charge in [-0.05, 0) is 12.6 Å². The van der Waals surface area contributed by atoms with Gasteiger partial charge in [-0.25, -0.2) is 4.98 Å². The Bertz CT molecular complexity index is 790. The van der Waals surface area contributed by atoms with Gasteiger partial charge in [-0.2, -0.15) is 0 Å². The van der Waals surface area contributed by atoms with Crippen LogP contribution in [-0.2, 0) is 6.54 Å². The summed E-state index contributed by atoms with van der Waals surface area (Å²) < 4.78 is 0. The van der Waals surface area contributed by atoms with Gasteiger partial charge >= 0.3 is 0 Å². The molecule has 1 aliphatic heterocycles. The van der Waals surface area contributed by atoms with E-state index in [0.29, 0.717) is 24.9 Å². The highest BCUT2D eigenvalue weighted by Gasteiger charge is 2.33. The number of likely N-dealkylation sites (N-methyl/N-ethyl adjacent to an activating group) is 1. The molecule has 2 heterocycles. The van der Waals surface area contributed by atoms with E-state index in [9.17, 15) is 14.9 Å². The first-order valence-corrected chi connectivity index (χ1v) is 7.89. The maximum Gasteiger partial charge on any atom is 0.288 e. The number of hydrogen-bond donors (Lipinski definition) is 1. The molecule has 0 saturated carbocycles. The Hall–Kier alpha value is -3.00. The SMILES string of the molecule is CN(Cc1ccccc1)C1CN(c2ncc([N+](=O)[O-])cc2C(N)=O)C1. The number of anilines is 1. The molecule has 0 radical (unpaired) electrons. The molecule has 8 nitrogen and oxygen atoms in total. The van der Waals surface area contributed by atoms with Crippen molar-refractivity contribution in [1.82, 2.24) is 9.88 Å². The van der Waals surface area contributed by atoms with E-state index in [4.69, 9.17) is 5.73 Å². The van der Waals surface area contributed by atoms with Gasteiger partial charge in [-0.1, -0.05) is 30.3 Å². The standard InChI is InChI=1S/C17H19N5O3/c1-20(9-12-5-3-2-4-6-12)14-10-21(11-14)17-15(16(18)23)7-13(8-19-17)22(24)25/h2-8,14H,9-11H2,1H3,(H2,18,23). The molecule has 1 aliphatic rings. The Morgan fingerprint density at radius 3 is 2.68 bits per heavy atom. The Morgan fingerprint density at radius 2 is 2.08 bits per heavy atom. The second-order valence-electron chi connectivity index (χ2n) is 6.15. The molecule has 0 spiro atoms. The van der Waals surface area contributed by atoms with Crippen molar-refractivity contribution >= 4 is 17.4 Å². The summed E-state index contributed by atoms with van der Waals surface area (Å²) in [5.74, 6) is -0.310. The molecule has 25 heavy (non-hydrogen) atoms. The normalized spacial score (nSPS) is 14.4. The van der Waals surface area contributed by atoms with Crippen LogP contribution < -0.4 is 10.6 Å². The molecule has 0 bridgehead atoms. The zero-order chi connectivity index (χ0) is 18.0. The first-order valence-electron chi connectivity index (χ1n) is 7.89. The number of nitrogens with two attached hydrogens (primary N) is 1. The average molecular weight is 341 g/mol. The van der Waals surface area contributed by atoms with Gasteiger partial charge in [-0.15, -0.1) is 0 Å². The van der Waals surface area contributed by atoms with Crippen LogP contribution in [0.4, 0.5) is 11.5 Å². The van der Waals surface area contributed by atoms with E-state index in [-0.39, 0.29) is 11.3 Å². The van der Waals surface area contributed by atoms with E-state index in [2.05, 4.69) is 22.0 Å². The van der Waals surface area contributed by atoms with Gasteiger partial charge in [0.15, 0.2) is 0 Å². The highest BCUT2D eigenvalue weighted by atomic mass is 16.6. The largest absolute Gasteiger partial charge is 0.365 e. The van der Waals surface area contributed by atoms with E-state index in [1.807, 2.05) is 30.1 Å². The molecule has 2 N–H and O–H groups in total. The highest BCUT2D eigenvalue weighted by molar-refractivity contribution is 5.98. The quantitative estimate of drug-likeness (QED) is 0.629. The number of rotatable bonds is 6. The van der Waals surface area contributed by atoms with Gasteiger partial charge < -0.3 is 10.6 Å². The van der Waals surface area contributed by atoms with Crippen molar-refractivity contribution in [3.05, 3.63) is 63.8 Å². The highest BCUT2D eigenvalue weighted by Crippen LogP contribution is 2.27. The second kappa shape index (κ2) is 6.86. The summed E-state index contributed by atoms with van der Waals surface area (Å²) in [6, 6.07) is 11.7. The third-order valence-electron chi connectivity index (χ3n) is 4.39. The summed E-state index contributed by atoms with van der Waals surface area (Å²) in [6.07, 6.45) is 1.16. The van der Waals surface area contributed by atoms with E-state index in [1.165, 1.54) is 11.6 Å². The Balaban J connectivity index is 1.68. The topological polar surface area (TPSA) is 106 Å². The third kappa shape index (κ3) is 3.58. The Morgan fingerprint density at radius 1 is 1.40 bits per heavy atom. The minimum atomic E-state index is -0.715. The molecule has 8 heteroatoms. The lowest BCUT2D eigenvalue weighted by atomic mass is 10.0. The summed E-state index contributed by atoms with van der Waals surface area (Å²) in [5.41, 5.74) is 6.43. The van der Waals surface area contributed by atoms with Crippen molar-refractivity contribution in [2.45, 2.75) is 12.6 Å². The van der Waals surface area contributed by atoms with Crippen LogP contribution in [0, 0.1) is 10.1 Å². The van der Waals surface area contributed by atoms with Gasteiger partial charge in [0, 0.05) is 31.7 Å². The van der Waals surface area contributed by atoms with Crippen LogP contribution in [0.25, 0.3) is 0 Å². The van der Waals surface area contributed by atoms with Gasteiger partial charge in [-0.3, -0.25) is 19.8 Å². The lowest BCUT2D eigenvalue weighted by Gasteiger charge is -2.45. The number of nitro groups is 1. The van der Waals surface area contributed by atoms with Crippen LogP contribution in [0.15, 0.2) is 42.6 Å². The van der Waals surface area contributed by atoms with E-state index >= 15 is 0 Å². The molecule has 0 atom stereocenters. The zero-order valence-electron chi connectivity index (χ0n) is 13.8. The number of aromatic nitrogens is 1. The average Bonchev–Trinajstić information content (AvgIpc) is 2.54. The van der Waals surface area contributed by atoms with Crippen LogP contribution >= 0.6 is 0 Å². The number of primary amides is 1. The molecule has 0 aliphatic carbocycles. The van der Waals surface area contributed by atoms with E-state index < -0.39 is 10.8 Å². The first kappa shape index (κ1) is 16.8. The van der Waals surface area contributed by atoms with E-state index in [1.54, 1.807) is 0 Å². The molecule has 0 unspecified atom stereocenters. The second-order valence-corrected chi connectivity index (χ2v) is 6.15. The number of hydrogen-bond acceptors (Lipinski definition) is 6. The van der Waals surface area contributed by atoms with Crippen molar-refractivity contribution in [2.75, 3.05) is 25.0 Å². The fraction of sp³-hybridized carbons (Fsp3) is 0.294. The smallest absolute Gasteiger partial charge is 0.288 e. The number of carbonyl (C=O) groups excluding carboxylic acids is 1. The van der Waals surface area contributed by atoms with Gasteiger partial charge in [0.2, 0.25) is 0 Å². The fourth-order valence-electron chi connectivity index (χ4n) is 2.89. The van der Waals surface area contributed by atoms with Crippen LogP contribution in [0.5, 0.6) is 0 Å². The lowest BCUT2D eigenvalue weighted by molar-refractivity contribution is -0.385. The van der Waals surface area contributed by atoms with Gasteiger partial charge in [0.1, 0.15) is 12.0 Å². The predicted molar refractivity (Wildman–Crippen MR) is 93.3 cm³/mol. The molecular weight excluding hydrogens is 322 g/mol. The molecule has 1 fully saturated rings. The van der Waals surface area contributed by atoms with Crippen LogP contribution in [0.3, 0.4) is 0 Å². The summed E-state index contributed by atoms with van der Waals surface area (Å²) in [7, 11) is 2.05. The molecule has 1 amide bonds. The van der Waals surface area contributed by atoms with Crippen LogP contribution in [0.2, 0.25) is 0 Å². The summed E-state index contributed by atoms with van der Waals surface area (Å²) >= 11 is 0. The maximum absolute atomic E-state index is 11.6. The van der Waals surface area contributed by atoms with Crippen LogP contribution in [0.1, 0.15) is 15.9 Å². The Kier molecular flexibility index (Phi) is 4.62. The van der Waals surface area contributed by atoms with Crippen molar-refractivity contribution in [3.8, 4) is 0 Å². The van der Waals surface area contributed by atoms with Gasteiger partial charge in [0.25, 0.3) is 11.6 Å². The van der Waals surface area contributed by atoms with Gasteiger partial charge in [0.05, 0.1) is 10.5 Å². The molecule has 1 aromatic heterocycles.